The van der Waals surface area contributed by atoms with Crippen molar-refractivity contribution in [2.75, 3.05) is 0 Å². The maximum absolute atomic E-state index is 11.6. The van der Waals surface area contributed by atoms with E-state index in [0.717, 1.165) is 5.56 Å². The molecule has 2 rings (SSSR count). The van der Waals surface area contributed by atoms with Gasteiger partial charge in [0, 0.05) is 12.8 Å². The van der Waals surface area contributed by atoms with Crippen LogP contribution in [0.15, 0.2) is 40.1 Å². The number of nitrogens with one attached hydrogen (secondary N) is 3. The maximum Gasteiger partial charge on any atom is 0.264 e. The van der Waals surface area contributed by atoms with Crippen LogP contribution in [-0.4, -0.2) is 26.4 Å². The zero-order chi connectivity index (χ0) is 15.2. The number of hydrogen-bond donors (Lipinski definition) is 4. The number of aliphatic imine (C=N–C) groups is 1. The molecule has 4 N–H and O–H groups in total. The van der Waals surface area contributed by atoms with E-state index in [1.165, 1.54) is 6.21 Å². The maximum atomic E-state index is 11.6. The lowest BCUT2D eigenvalue weighted by molar-refractivity contribution is 0.449. The van der Waals surface area contributed by atoms with Gasteiger partial charge < -0.3 is 15.4 Å². The minimum atomic E-state index is -0.536. The molecule has 0 saturated carbocycles. The molecule has 0 unspecified atom stereocenters. The zero-order valence-electron chi connectivity index (χ0n) is 10.8. The summed E-state index contributed by atoms with van der Waals surface area (Å²) in [4.78, 5) is 20.3. The van der Waals surface area contributed by atoms with E-state index in [1.54, 1.807) is 0 Å². The third-order valence-electron chi connectivity index (χ3n) is 2.56. The average molecular weight is 320 g/mol. The van der Waals surface area contributed by atoms with Crippen LogP contribution in [0.1, 0.15) is 11.1 Å². The highest BCUT2D eigenvalue weighted by Crippen LogP contribution is 2.04. The Morgan fingerprint density at radius 1 is 1.33 bits per heavy atom. The SMILES string of the molecule is O=c1[nH]c(=S)[nH]c(O)c1/C=N/C(=S)NCc1ccccc1. The van der Waals surface area contributed by atoms with E-state index in [-0.39, 0.29) is 21.3 Å². The normalized spacial score (nSPS) is 10.7. The van der Waals surface area contributed by atoms with Crippen molar-refractivity contribution in [1.82, 2.24) is 15.3 Å². The Morgan fingerprint density at radius 3 is 2.71 bits per heavy atom. The molecule has 0 bridgehead atoms. The van der Waals surface area contributed by atoms with E-state index in [2.05, 4.69) is 20.3 Å². The number of H-pyrrole nitrogens is 2. The smallest absolute Gasteiger partial charge is 0.264 e. The molecular formula is C13H12N4O2S2. The highest BCUT2D eigenvalue weighted by Gasteiger charge is 2.04. The van der Waals surface area contributed by atoms with Gasteiger partial charge in [0.05, 0.1) is 0 Å². The van der Waals surface area contributed by atoms with Crippen LogP contribution in [-0.2, 0) is 6.54 Å². The molecule has 0 saturated heterocycles. The third kappa shape index (κ3) is 4.33. The van der Waals surface area contributed by atoms with Crippen LogP contribution in [0.4, 0.5) is 0 Å². The first-order chi connectivity index (χ1) is 10.1. The number of aromatic hydroxyl groups is 1. The van der Waals surface area contributed by atoms with Crippen LogP contribution in [0.5, 0.6) is 5.88 Å². The molecule has 1 aromatic carbocycles. The molecule has 108 valence electrons. The van der Waals surface area contributed by atoms with Crippen molar-refractivity contribution >= 4 is 35.8 Å². The molecule has 21 heavy (non-hydrogen) atoms. The van der Waals surface area contributed by atoms with Crippen molar-refractivity contribution in [1.29, 1.82) is 0 Å². The number of benzene rings is 1. The molecule has 0 amide bonds. The van der Waals surface area contributed by atoms with E-state index >= 15 is 0 Å². The van der Waals surface area contributed by atoms with Crippen LogP contribution < -0.4 is 10.9 Å². The highest BCUT2D eigenvalue weighted by atomic mass is 32.1. The number of rotatable bonds is 3. The Kier molecular flexibility index (Phi) is 4.96. The molecule has 2 aromatic rings. The second-order valence-electron chi connectivity index (χ2n) is 4.07. The summed E-state index contributed by atoms with van der Waals surface area (Å²) in [5, 5.41) is 12.7. The monoisotopic (exact) mass is 320 g/mol. The molecule has 1 heterocycles. The van der Waals surface area contributed by atoms with Crippen LogP contribution in [0.3, 0.4) is 0 Å². The van der Waals surface area contributed by atoms with Crippen LogP contribution in [0.25, 0.3) is 0 Å². The molecule has 0 atom stereocenters. The molecule has 6 nitrogen and oxygen atoms in total. The summed E-state index contributed by atoms with van der Waals surface area (Å²) in [5.41, 5.74) is 0.484. The van der Waals surface area contributed by atoms with E-state index in [9.17, 15) is 9.90 Å². The lowest BCUT2D eigenvalue weighted by Gasteiger charge is -2.03. The summed E-state index contributed by atoms with van der Waals surface area (Å²) >= 11 is 9.76. The van der Waals surface area contributed by atoms with Crippen molar-refractivity contribution in [3.05, 3.63) is 56.6 Å². The zero-order valence-corrected chi connectivity index (χ0v) is 12.4. The fourth-order valence-corrected chi connectivity index (χ4v) is 1.86. The standard InChI is InChI=1S/C13H12N4O2S2/c18-10-9(11(19)17-13(21)16-10)7-15-12(20)14-6-8-4-2-1-3-5-8/h1-5,7H,6H2,(H,14,20)(H3,16,17,18,19,21)/b15-7+. The number of aromatic nitrogens is 2. The summed E-state index contributed by atoms with van der Waals surface area (Å²) in [6.45, 7) is 0.524. The van der Waals surface area contributed by atoms with Gasteiger partial charge in [0.2, 0.25) is 5.88 Å². The first-order valence-corrected chi connectivity index (χ1v) is 6.79. The first-order valence-electron chi connectivity index (χ1n) is 5.97. The van der Waals surface area contributed by atoms with Crippen molar-refractivity contribution in [2.24, 2.45) is 4.99 Å². The van der Waals surface area contributed by atoms with Gasteiger partial charge in [0.1, 0.15) is 5.56 Å². The molecule has 0 fully saturated rings. The summed E-state index contributed by atoms with van der Waals surface area (Å²) in [5.74, 6) is -0.349. The van der Waals surface area contributed by atoms with Crippen LogP contribution >= 0.6 is 24.4 Å². The molecule has 0 aliphatic carbocycles. The lowest BCUT2D eigenvalue weighted by atomic mass is 10.2. The fraction of sp³-hybridized carbons (Fsp3) is 0.0769. The van der Waals surface area contributed by atoms with Gasteiger partial charge in [-0.25, -0.2) is 4.99 Å². The third-order valence-corrected chi connectivity index (χ3v) is 3.01. The number of hydrogen-bond acceptors (Lipinski definition) is 4. The van der Waals surface area contributed by atoms with E-state index in [1.807, 2.05) is 30.3 Å². The predicted octanol–water partition coefficient (Wildman–Crippen LogP) is 1.63. The molecule has 0 aliphatic rings. The van der Waals surface area contributed by atoms with Crippen LogP contribution in [0, 0.1) is 4.77 Å². The summed E-state index contributed by atoms with van der Waals surface area (Å²) < 4.78 is 0.0411. The Labute approximate surface area is 130 Å². The van der Waals surface area contributed by atoms with Gasteiger partial charge in [-0.3, -0.25) is 9.78 Å². The highest BCUT2D eigenvalue weighted by molar-refractivity contribution is 7.80. The van der Waals surface area contributed by atoms with E-state index in [4.69, 9.17) is 24.4 Å². The number of nitrogens with zero attached hydrogens (tertiary/aromatic N) is 1. The number of aromatic amines is 2. The molecule has 0 aliphatic heterocycles. The fourth-order valence-electron chi connectivity index (χ4n) is 1.55. The minimum absolute atomic E-state index is 0.0348. The number of thiocarbonyl (C=S) groups is 1. The van der Waals surface area contributed by atoms with Gasteiger partial charge in [0.25, 0.3) is 5.56 Å². The second kappa shape index (κ2) is 6.91. The minimum Gasteiger partial charge on any atom is -0.494 e. The van der Waals surface area contributed by atoms with Crippen LogP contribution in [0.2, 0.25) is 0 Å². The van der Waals surface area contributed by atoms with Gasteiger partial charge >= 0.3 is 0 Å². The average Bonchev–Trinajstić information content (AvgIpc) is 2.45. The first kappa shape index (κ1) is 15.1. The van der Waals surface area contributed by atoms with Crippen molar-refractivity contribution in [3.8, 4) is 5.88 Å². The Balaban J connectivity index is 2.03. The quantitative estimate of drug-likeness (QED) is 0.509. The molecule has 1 aromatic heterocycles. The predicted molar refractivity (Wildman–Crippen MR) is 87.4 cm³/mol. The van der Waals surface area contributed by atoms with Gasteiger partial charge in [0.15, 0.2) is 9.88 Å². The van der Waals surface area contributed by atoms with Crippen molar-refractivity contribution in [2.45, 2.75) is 6.54 Å². The molecule has 8 heteroatoms. The molecular weight excluding hydrogens is 308 g/mol. The van der Waals surface area contributed by atoms with E-state index in [0.29, 0.717) is 6.54 Å². The topological polar surface area (TPSA) is 93.3 Å². The van der Waals surface area contributed by atoms with Gasteiger partial charge in [-0.1, -0.05) is 30.3 Å². The Bertz CT molecular complexity index is 781. The van der Waals surface area contributed by atoms with Gasteiger partial charge in [-0.05, 0) is 30.0 Å². The summed E-state index contributed by atoms with van der Waals surface area (Å²) in [7, 11) is 0. The largest absolute Gasteiger partial charge is 0.494 e. The lowest BCUT2D eigenvalue weighted by Crippen LogP contribution is -2.20. The molecule has 0 radical (unpaired) electrons. The van der Waals surface area contributed by atoms with Gasteiger partial charge in [-0.15, -0.1) is 0 Å². The molecule has 0 spiro atoms. The Morgan fingerprint density at radius 2 is 2.05 bits per heavy atom. The summed E-state index contributed by atoms with van der Waals surface area (Å²) in [6.07, 6.45) is 1.18. The van der Waals surface area contributed by atoms with Crippen molar-refractivity contribution < 1.29 is 5.11 Å². The summed E-state index contributed by atoms with van der Waals surface area (Å²) in [6, 6.07) is 9.68. The van der Waals surface area contributed by atoms with Crippen molar-refractivity contribution in [3.63, 3.8) is 0 Å². The second-order valence-corrected chi connectivity index (χ2v) is 4.87. The van der Waals surface area contributed by atoms with E-state index < -0.39 is 5.56 Å². The Hall–Kier alpha value is -2.32. The van der Waals surface area contributed by atoms with Gasteiger partial charge in [-0.2, -0.15) is 0 Å².